The highest BCUT2D eigenvalue weighted by atomic mass is 16.6. The monoisotopic (exact) mass is 650 g/mol. The maximum atomic E-state index is 12.6. The Bertz CT molecular complexity index is 1390. The second-order valence-electron chi connectivity index (χ2n) is 18.8. The van der Waals surface area contributed by atoms with Gasteiger partial charge in [-0.2, -0.15) is 0 Å². The summed E-state index contributed by atoms with van der Waals surface area (Å²) in [6.07, 6.45) is 11.8. The van der Waals surface area contributed by atoms with Crippen LogP contribution in [0.3, 0.4) is 0 Å². The van der Waals surface area contributed by atoms with Gasteiger partial charge in [0.15, 0.2) is 5.79 Å². The average molecular weight is 651 g/mol. The Morgan fingerprint density at radius 3 is 2.13 bits per heavy atom. The molecule has 5 aliphatic carbocycles. The van der Waals surface area contributed by atoms with Crippen molar-refractivity contribution in [3.63, 3.8) is 0 Å². The van der Waals surface area contributed by atoms with E-state index >= 15 is 0 Å². The molecule has 0 amide bonds. The van der Waals surface area contributed by atoms with Crippen molar-refractivity contribution in [3.05, 3.63) is 35.4 Å². The fraction of sp³-hybridized carbons (Fsp3) is 0.829. The number of hydrogen-bond donors (Lipinski definition) is 3. The third-order valence-corrected chi connectivity index (χ3v) is 17.7. The molecule has 1 aromatic rings. The molecule has 1 aliphatic heterocycles. The summed E-state index contributed by atoms with van der Waals surface area (Å²) in [5.74, 6) is -1.05. The topological polar surface area (TPSA) is 96.2 Å². The summed E-state index contributed by atoms with van der Waals surface area (Å²) in [5, 5.41) is 34.3. The van der Waals surface area contributed by atoms with Crippen LogP contribution in [0.5, 0.6) is 0 Å². The molecule has 3 N–H and O–H groups in total. The SMILES string of the molecule is COCCc1ccc(CC2OC3(O)CCC4(CO)C5(C)CCC6(C)C7CC(C)(C(=O)O)CCC7(C)CCC6(C)C5CCC24C3C)cc1. The molecule has 6 nitrogen and oxygen atoms in total. The van der Waals surface area contributed by atoms with E-state index in [0.29, 0.717) is 24.9 Å². The average Bonchev–Trinajstić information content (AvgIpc) is 3.16. The van der Waals surface area contributed by atoms with Crippen molar-refractivity contribution in [1.29, 1.82) is 0 Å². The first-order valence-corrected chi connectivity index (χ1v) is 18.8. The molecule has 0 radical (unpaired) electrons. The Morgan fingerprint density at radius 2 is 1.47 bits per heavy atom. The van der Waals surface area contributed by atoms with Crippen molar-refractivity contribution in [2.75, 3.05) is 20.3 Å². The second kappa shape index (κ2) is 10.8. The van der Waals surface area contributed by atoms with E-state index in [4.69, 9.17) is 9.47 Å². The van der Waals surface area contributed by atoms with Crippen molar-refractivity contribution in [2.45, 2.75) is 137 Å². The van der Waals surface area contributed by atoms with Crippen LogP contribution in [0.1, 0.15) is 123 Å². The van der Waals surface area contributed by atoms with Crippen molar-refractivity contribution in [1.82, 2.24) is 0 Å². The largest absolute Gasteiger partial charge is 0.481 e. The molecule has 1 aromatic carbocycles. The lowest BCUT2D eigenvalue weighted by Gasteiger charge is -2.77. The number of rotatable bonds is 7. The summed E-state index contributed by atoms with van der Waals surface area (Å²) in [6, 6.07) is 8.83. The molecular formula is C41H62O6. The predicted molar refractivity (Wildman–Crippen MR) is 183 cm³/mol. The van der Waals surface area contributed by atoms with E-state index < -0.39 is 17.2 Å². The van der Waals surface area contributed by atoms with Crippen molar-refractivity contribution >= 4 is 5.97 Å². The van der Waals surface area contributed by atoms with Gasteiger partial charge in [-0.25, -0.2) is 0 Å². The number of fused-ring (bicyclic) bond motifs is 7. The quantitative estimate of drug-likeness (QED) is 0.279. The molecule has 6 aliphatic rings. The zero-order chi connectivity index (χ0) is 33.9. The first kappa shape index (κ1) is 34.0. The van der Waals surface area contributed by atoms with E-state index in [9.17, 15) is 20.1 Å². The zero-order valence-corrected chi connectivity index (χ0v) is 30.3. The highest BCUT2D eigenvalue weighted by Crippen LogP contribution is 2.83. The Hall–Kier alpha value is -1.47. The molecule has 6 heteroatoms. The molecule has 1 spiro atoms. The van der Waals surface area contributed by atoms with E-state index in [2.05, 4.69) is 58.9 Å². The third-order valence-electron chi connectivity index (χ3n) is 17.7. The van der Waals surface area contributed by atoms with Gasteiger partial charge in [-0.05, 0) is 129 Å². The van der Waals surface area contributed by atoms with Crippen LogP contribution >= 0.6 is 0 Å². The number of carboxylic acids is 1. The molecular weight excluding hydrogens is 588 g/mol. The molecule has 0 aromatic heterocycles. The van der Waals surface area contributed by atoms with Crippen LogP contribution in [0.25, 0.3) is 0 Å². The fourth-order valence-corrected chi connectivity index (χ4v) is 14.4. The van der Waals surface area contributed by atoms with Gasteiger partial charge in [0.2, 0.25) is 0 Å². The van der Waals surface area contributed by atoms with E-state index in [1.807, 2.05) is 6.92 Å². The first-order valence-electron chi connectivity index (χ1n) is 18.8. The number of benzene rings is 1. The molecule has 12 unspecified atom stereocenters. The highest BCUT2D eigenvalue weighted by Gasteiger charge is 2.81. The minimum absolute atomic E-state index is 0.0413. The van der Waals surface area contributed by atoms with Crippen LogP contribution in [0.4, 0.5) is 0 Å². The van der Waals surface area contributed by atoms with Gasteiger partial charge in [0.05, 0.1) is 18.1 Å². The molecule has 262 valence electrons. The van der Waals surface area contributed by atoms with Gasteiger partial charge < -0.3 is 24.8 Å². The van der Waals surface area contributed by atoms with Crippen LogP contribution < -0.4 is 0 Å². The number of hydrogen-bond acceptors (Lipinski definition) is 5. The summed E-state index contributed by atoms with van der Waals surface area (Å²) >= 11 is 0. The van der Waals surface area contributed by atoms with E-state index in [-0.39, 0.29) is 51.1 Å². The highest BCUT2D eigenvalue weighted by molar-refractivity contribution is 5.74. The molecule has 7 rings (SSSR count). The summed E-state index contributed by atoms with van der Waals surface area (Å²) in [7, 11) is 1.74. The maximum absolute atomic E-state index is 12.6. The van der Waals surface area contributed by atoms with Gasteiger partial charge in [0.25, 0.3) is 0 Å². The predicted octanol–water partition coefficient (Wildman–Crippen LogP) is 7.81. The van der Waals surface area contributed by atoms with Crippen LogP contribution in [0.15, 0.2) is 24.3 Å². The number of aliphatic hydroxyl groups excluding tert-OH is 1. The first-order chi connectivity index (χ1) is 22.0. The minimum Gasteiger partial charge on any atom is -0.481 e. The summed E-state index contributed by atoms with van der Waals surface area (Å²) in [5.41, 5.74) is 1.30. The lowest BCUT2D eigenvalue weighted by molar-refractivity contribution is -0.307. The summed E-state index contributed by atoms with van der Waals surface area (Å²) < 4.78 is 12.1. The third kappa shape index (κ3) is 4.20. The minimum atomic E-state index is -1.16. The fourth-order valence-electron chi connectivity index (χ4n) is 14.4. The number of ether oxygens (including phenoxy) is 2. The van der Waals surface area contributed by atoms with Crippen molar-refractivity contribution in [2.24, 2.45) is 55.7 Å². The normalized spacial score (nSPS) is 51.8. The van der Waals surface area contributed by atoms with Crippen molar-refractivity contribution < 1.29 is 29.6 Å². The van der Waals surface area contributed by atoms with Gasteiger partial charge in [0.1, 0.15) is 0 Å². The Morgan fingerprint density at radius 1 is 0.851 bits per heavy atom. The molecule has 12 atom stereocenters. The Kier molecular flexibility index (Phi) is 7.79. The molecule has 1 saturated heterocycles. The molecule has 5 saturated carbocycles. The Balaban J connectivity index is 1.27. The lowest BCUT2D eigenvalue weighted by Crippen LogP contribution is -2.73. The summed E-state index contributed by atoms with van der Waals surface area (Å²) in [4.78, 5) is 12.6. The van der Waals surface area contributed by atoms with Crippen LogP contribution in [0, 0.1) is 55.7 Å². The van der Waals surface area contributed by atoms with Crippen LogP contribution in [0.2, 0.25) is 0 Å². The van der Waals surface area contributed by atoms with Crippen LogP contribution in [-0.2, 0) is 27.1 Å². The molecule has 47 heavy (non-hydrogen) atoms. The van der Waals surface area contributed by atoms with Gasteiger partial charge >= 0.3 is 5.97 Å². The van der Waals surface area contributed by atoms with Crippen molar-refractivity contribution in [3.8, 4) is 0 Å². The standard InChI is InChI=1S/C41H62O6/c1-27-40-14-12-30-36(4)18-17-34(2)15-16-35(3,33(43)44)25-31(34)37(36,5)19-20-38(30,6)39(40,26-42)21-22-41(27,45)47-32(40)24-29-10-8-28(9-11-29)13-23-46-7/h8-11,27,30-32,42,45H,12-26H2,1-7H3,(H,43,44). The van der Waals surface area contributed by atoms with Crippen LogP contribution in [-0.4, -0.2) is 53.5 Å². The lowest BCUT2D eigenvalue weighted by atomic mass is 9.26. The zero-order valence-electron chi connectivity index (χ0n) is 30.3. The van der Waals surface area contributed by atoms with Gasteiger partial charge in [-0.1, -0.05) is 58.9 Å². The number of methoxy groups -OCH3 is 1. The second-order valence-corrected chi connectivity index (χ2v) is 18.8. The molecule has 6 fully saturated rings. The number of carbonyl (C=O) groups is 1. The molecule has 2 bridgehead atoms. The van der Waals surface area contributed by atoms with Gasteiger partial charge in [-0.15, -0.1) is 0 Å². The maximum Gasteiger partial charge on any atom is 0.309 e. The Labute approximate surface area is 283 Å². The van der Waals surface area contributed by atoms with E-state index in [1.54, 1.807) is 7.11 Å². The number of carboxylic acid groups (broad SMARTS) is 1. The smallest absolute Gasteiger partial charge is 0.309 e. The van der Waals surface area contributed by atoms with E-state index in [1.165, 1.54) is 17.5 Å². The number of aliphatic hydroxyl groups is 2. The summed E-state index contributed by atoms with van der Waals surface area (Å²) in [6.45, 7) is 15.1. The van der Waals surface area contributed by atoms with E-state index in [0.717, 1.165) is 70.6 Å². The van der Waals surface area contributed by atoms with Gasteiger partial charge in [-0.3, -0.25) is 4.79 Å². The number of aliphatic carboxylic acids is 1. The molecule has 1 heterocycles. The van der Waals surface area contributed by atoms with Gasteiger partial charge in [0, 0.05) is 36.9 Å².